The van der Waals surface area contributed by atoms with Crippen molar-refractivity contribution in [3.05, 3.63) is 96.3 Å². The Morgan fingerprint density at radius 2 is 1.68 bits per heavy atom. The molecule has 1 amide bonds. The lowest BCUT2D eigenvalue weighted by Gasteiger charge is -2.14. The molecule has 0 aliphatic carbocycles. The van der Waals surface area contributed by atoms with Gasteiger partial charge in [0.2, 0.25) is 0 Å². The molecule has 4 nitrogen and oxygen atoms in total. The number of nitrogens with one attached hydrogen (secondary N) is 1. The Morgan fingerprint density at radius 1 is 0.941 bits per heavy atom. The van der Waals surface area contributed by atoms with E-state index in [4.69, 9.17) is 4.74 Å². The Morgan fingerprint density at radius 3 is 2.38 bits per heavy atom. The number of hydrogen-bond donors (Lipinski definition) is 1. The van der Waals surface area contributed by atoms with Crippen LogP contribution in [0.1, 0.15) is 16.8 Å². The lowest BCUT2D eigenvalue weighted by Crippen LogP contribution is -2.14. The maximum absolute atomic E-state index is 13.6. The second-order valence-electron chi connectivity index (χ2n) is 7.84. The Kier molecular flexibility index (Phi) is 6.11. The molecule has 0 unspecified atom stereocenters. The first-order valence-corrected chi connectivity index (χ1v) is 10.4. The summed E-state index contributed by atoms with van der Waals surface area (Å²) in [6.07, 6.45) is -3.05. The van der Waals surface area contributed by atoms with Crippen LogP contribution in [0.4, 0.5) is 18.9 Å². The molecule has 7 heteroatoms. The minimum absolute atomic E-state index is 0.0240. The van der Waals surface area contributed by atoms with E-state index >= 15 is 0 Å². The molecule has 0 fully saturated rings. The summed E-state index contributed by atoms with van der Waals surface area (Å²) in [5, 5.41) is 4.37. The van der Waals surface area contributed by atoms with Gasteiger partial charge in [0.15, 0.2) is 0 Å². The number of rotatable bonds is 5. The zero-order valence-electron chi connectivity index (χ0n) is 18.5. The van der Waals surface area contributed by atoms with Gasteiger partial charge in [-0.3, -0.25) is 9.78 Å². The Bertz CT molecular complexity index is 1410. The normalized spacial score (nSPS) is 11.3. The summed E-state index contributed by atoms with van der Waals surface area (Å²) >= 11 is 0. The number of carbonyl (C=O) groups excluding carboxylic acids is 1. The van der Waals surface area contributed by atoms with Crippen molar-refractivity contribution < 1.29 is 22.7 Å². The van der Waals surface area contributed by atoms with Gasteiger partial charge in [-0.1, -0.05) is 24.8 Å². The Labute approximate surface area is 194 Å². The van der Waals surface area contributed by atoms with Gasteiger partial charge >= 0.3 is 6.18 Å². The summed E-state index contributed by atoms with van der Waals surface area (Å²) in [6, 6.07) is 17.7. The van der Waals surface area contributed by atoms with Gasteiger partial charge < -0.3 is 10.1 Å². The first-order chi connectivity index (χ1) is 16.1. The molecule has 0 atom stereocenters. The van der Waals surface area contributed by atoms with Gasteiger partial charge in [-0.15, -0.1) is 0 Å². The third kappa shape index (κ3) is 4.93. The molecular formula is C27H21F3N2O2. The molecule has 1 N–H and O–H groups in total. The number of carbonyl (C=O) groups is 1. The standard InChI is InChI=1S/C27H21F3N2O2/c1-16-10-21(8-9-31-16)22-12-23(27(28,29)30)15-24(13-22)32-26(33)17(2)18-4-5-20-14-25(34-3)7-6-19(20)11-18/h4-15H,2H2,1,3H3,(H,32,33). The molecule has 172 valence electrons. The molecule has 0 aliphatic heterocycles. The van der Waals surface area contributed by atoms with Crippen molar-refractivity contribution in [2.24, 2.45) is 0 Å². The number of benzene rings is 3. The van der Waals surface area contributed by atoms with Crippen molar-refractivity contribution in [1.82, 2.24) is 4.98 Å². The van der Waals surface area contributed by atoms with E-state index in [1.165, 1.54) is 12.3 Å². The number of pyridine rings is 1. The molecule has 3 aromatic carbocycles. The first-order valence-electron chi connectivity index (χ1n) is 10.4. The van der Waals surface area contributed by atoms with Gasteiger partial charge in [0.05, 0.1) is 12.7 Å². The largest absolute Gasteiger partial charge is 0.497 e. The Balaban J connectivity index is 1.64. The quantitative estimate of drug-likeness (QED) is 0.329. The predicted octanol–water partition coefficient (Wildman–Crippen LogP) is 6.89. The maximum Gasteiger partial charge on any atom is 0.416 e. The van der Waals surface area contributed by atoms with Crippen LogP contribution in [0.2, 0.25) is 0 Å². The van der Waals surface area contributed by atoms with Crippen LogP contribution in [0.15, 0.2) is 79.5 Å². The highest BCUT2D eigenvalue weighted by Crippen LogP contribution is 2.35. The molecule has 1 aromatic heterocycles. The number of methoxy groups -OCH3 is 1. The molecule has 1 heterocycles. The van der Waals surface area contributed by atoms with Crippen LogP contribution in [0.5, 0.6) is 5.75 Å². The molecule has 0 spiro atoms. The maximum atomic E-state index is 13.6. The third-order valence-corrected chi connectivity index (χ3v) is 5.42. The number of aryl methyl sites for hydroxylation is 1. The fraction of sp³-hybridized carbons (Fsp3) is 0.111. The number of ether oxygens (including phenoxy) is 1. The third-order valence-electron chi connectivity index (χ3n) is 5.42. The van der Waals surface area contributed by atoms with Gasteiger partial charge in [-0.25, -0.2) is 0 Å². The number of halogens is 3. The van der Waals surface area contributed by atoms with Crippen molar-refractivity contribution in [1.29, 1.82) is 0 Å². The number of anilines is 1. The van der Waals surface area contributed by atoms with Gasteiger partial charge in [0.25, 0.3) is 5.91 Å². The van der Waals surface area contributed by atoms with Gasteiger partial charge in [-0.2, -0.15) is 13.2 Å². The summed E-state index contributed by atoms with van der Waals surface area (Å²) in [7, 11) is 1.58. The molecule has 4 rings (SSSR count). The summed E-state index contributed by atoms with van der Waals surface area (Å²) in [4.78, 5) is 17.0. The van der Waals surface area contributed by atoms with Gasteiger partial charge in [0, 0.05) is 23.2 Å². The number of amides is 1. The molecule has 0 aliphatic rings. The fourth-order valence-electron chi connectivity index (χ4n) is 3.63. The van der Waals surface area contributed by atoms with Crippen LogP contribution in [0.3, 0.4) is 0 Å². The van der Waals surface area contributed by atoms with E-state index in [1.54, 1.807) is 44.4 Å². The predicted molar refractivity (Wildman–Crippen MR) is 128 cm³/mol. The number of nitrogens with zero attached hydrogens (tertiary/aromatic N) is 1. The van der Waals surface area contributed by atoms with Gasteiger partial charge in [-0.05, 0) is 82.9 Å². The smallest absolute Gasteiger partial charge is 0.416 e. The first kappa shape index (κ1) is 23.0. The minimum Gasteiger partial charge on any atom is -0.497 e. The number of hydrogen-bond acceptors (Lipinski definition) is 3. The van der Waals surface area contributed by atoms with Crippen LogP contribution in [0.25, 0.3) is 27.5 Å². The molecular weight excluding hydrogens is 441 g/mol. The second kappa shape index (κ2) is 9.02. The van der Waals surface area contributed by atoms with Crippen molar-refractivity contribution >= 4 is 27.9 Å². The van der Waals surface area contributed by atoms with Crippen LogP contribution >= 0.6 is 0 Å². The van der Waals surface area contributed by atoms with Crippen LogP contribution in [-0.2, 0) is 11.0 Å². The summed E-state index contributed by atoms with van der Waals surface area (Å²) < 4.78 is 45.9. The van der Waals surface area contributed by atoms with E-state index in [9.17, 15) is 18.0 Å². The highest BCUT2D eigenvalue weighted by molar-refractivity contribution is 6.25. The van der Waals surface area contributed by atoms with Crippen molar-refractivity contribution in [2.45, 2.75) is 13.1 Å². The van der Waals surface area contributed by atoms with E-state index < -0.39 is 17.6 Å². The Hall–Kier alpha value is -4.13. The lowest BCUT2D eigenvalue weighted by atomic mass is 10.0. The minimum atomic E-state index is -4.58. The lowest BCUT2D eigenvalue weighted by molar-refractivity contribution is -0.137. The summed E-state index contributed by atoms with van der Waals surface area (Å²) in [6.45, 7) is 5.61. The topological polar surface area (TPSA) is 51.2 Å². The van der Waals surface area contributed by atoms with E-state index in [1.807, 2.05) is 18.2 Å². The van der Waals surface area contributed by atoms with Crippen LogP contribution < -0.4 is 10.1 Å². The zero-order valence-corrected chi connectivity index (χ0v) is 18.5. The van der Waals surface area contributed by atoms with E-state index in [0.29, 0.717) is 28.1 Å². The molecule has 0 saturated heterocycles. The number of fused-ring (bicyclic) bond motifs is 1. The van der Waals surface area contributed by atoms with Gasteiger partial charge in [0.1, 0.15) is 5.75 Å². The van der Waals surface area contributed by atoms with E-state index in [-0.39, 0.29) is 11.3 Å². The molecule has 4 aromatic rings. The second-order valence-corrected chi connectivity index (χ2v) is 7.84. The molecule has 0 saturated carbocycles. The highest BCUT2D eigenvalue weighted by atomic mass is 19.4. The summed E-state index contributed by atoms with van der Waals surface area (Å²) in [5.74, 6) is 0.116. The monoisotopic (exact) mass is 462 g/mol. The van der Waals surface area contributed by atoms with Crippen LogP contribution in [-0.4, -0.2) is 18.0 Å². The zero-order chi connectivity index (χ0) is 24.5. The molecule has 34 heavy (non-hydrogen) atoms. The van der Waals surface area contributed by atoms with E-state index in [0.717, 1.165) is 22.9 Å². The van der Waals surface area contributed by atoms with E-state index in [2.05, 4.69) is 16.9 Å². The SMILES string of the molecule is C=C(C(=O)Nc1cc(-c2ccnc(C)c2)cc(C(F)(F)F)c1)c1ccc2cc(OC)ccc2c1. The molecule has 0 radical (unpaired) electrons. The number of aromatic nitrogens is 1. The highest BCUT2D eigenvalue weighted by Gasteiger charge is 2.31. The van der Waals surface area contributed by atoms with Crippen molar-refractivity contribution in [3.63, 3.8) is 0 Å². The van der Waals surface area contributed by atoms with Crippen molar-refractivity contribution in [3.8, 4) is 16.9 Å². The summed E-state index contributed by atoms with van der Waals surface area (Å²) in [5.41, 5.74) is 1.42. The van der Waals surface area contributed by atoms with Crippen LogP contribution in [0, 0.1) is 6.92 Å². The van der Waals surface area contributed by atoms with Crippen molar-refractivity contribution in [2.75, 3.05) is 12.4 Å². The number of alkyl halides is 3. The molecule has 0 bridgehead atoms. The fourth-order valence-corrected chi connectivity index (χ4v) is 3.63. The average Bonchev–Trinajstić information content (AvgIpc) is 2.82. The average molecular weight is 462 g/mol.